The van der Waals surface area contributed by atoms with Crippen molar-refractivity contribution in [2.45, 2.75) is 0 Å². The van der Waals surface area contributed by atoms with E-state index in [1.807, 2.05) is 6.07 Å². The van der Waals surface area contributed by atoms with E-state index in [0.29, 0.717) is 4.64 Å². The van der Waals surface area contributed by atoms with Crippen LogP contribution in [0.4, 0.5) is 0 Å². The topological polar surface area (TPSA) is 41.6 Å². The molecule has 2 heterocycles. The van der Waals surface area contributed by atoms with Gasteiger partial charge in [0.1, 0.15) is 10.5 Å². The van der Waals surface area contributed by atoms with Crippen molar-refractivity contribution in [3.05, 3.63) is 39.8 Å². The second-order valence-electron chi connectivity index (χ2n) is 2.64. The Labute approximate surface area is 94.4 Å². The molecule has 2 aromatic heterocycles. The predicted molar refractivity (Wildman–Crippen MR) is 60.4 cm³/mol. The van der Waals surface area contributed by atoms with Crippen LogP contribution in [-0.4, -0.2) is 15.0 Å². The first-order chi connectivity index (χ1) is 6.77. The lowest BCUT2D eigenvalue weighted by atomic mass is 10.2. The van der Waals surface area contributed by atoms with Gasteiger partial charge in [-0.15, -0.1) is 0 Å². The fraction of sp³-hybridized carbons (Fsp3) is 0. The zero-order valence-electron chi connectivity index (χ0n) is 7.07. The molecule has 0 aliphatic heterocycles. The van der Waals surface area contributed by atoms with Crippen LogP contribution in [-0.2, 0) is 0 Å². The molecular weight excluding hydrogens is 262 g/mol. The van der Waals surface area contributed by atoms with Crippen LogP contribution in [0.25, 0.3) is 11.4 Å². The number of halogens is 1. The van der Waals surface area contributed by atoms with Gasteiger partial charge in [-0.1, -0.05) is 12.2 Å². The summed E-state index contributed by atoms with van der Waals surface area (Å²) in [5.41, 5.74) is 0.951. The molecule has 0 atom stereocenters. The van der Waals surface area contributed by atoms with Crippen molar-refractivity contribution in [3.63, 3.8) is 0 Å². The summed E-state index contributed by atoms with van der Waals surface area (Å²) in [5.74, 6) is 0.742. The molecular formula is C9H6BrN3S. The van der Waals surface area contributed by atoms with Crippen LogP contribution in [0.3, 0.4) is 0 Å². The molecule has 0 aromatic carbocycles. The second-order valence-corrected chi connectivity index (χ2v) is 3.93. The van der Waals surface area contributed by atoms with Crippen molar-refractivity contribution >= 4 is 28.1 Å². The summed E-state index contributed by atoms with van der Waals surface area (Å²) in [7, 11) is 0. The zero-order chi connectivity index (χ0) is 9.97. The summed E-state index contributed by atoms with van der Waals surface area (Å²) in [5, 5.41) is 0. The van der Waals surface area contributed by atoms with E-state index in [1.165, 1.54) is 0 Å². The minimum atomic E-state index is 0.665. The van der Waals surface area contributed by atoms with Gasteiger partial charge in [0.2, 0.25) is 0 Å². The zero-order valence-corrected chi connectivity index (χ0v) is 9.47. The SMILES string of the molecule is S=c1ccnc(-c2ccncc2Br)[nH]1. The highest BCUT2D eigenvalue weighted by molar-refractivity contribution is 9.10. The van der Waals surface area contributed by atoms with E-state index < -0.39 is 0 Å². The normalized spacial score (nSPS) is 10.1. The summed E-state index contributed by atoms with van der Waals surface area (Å²) < 4.78 is 1.56. The second kappa shape index (κ2) is 3.98. The van der Waals surface area contributed by atoms with Gasteiger partial charge in [-0.3, -0.25) is 4.98 Å². The van der Waals surface area contributed by atoms with E-state index in [4.69, 9.17) is 12.2 Å². The third-order valence-corrected chi connectivity index (χ3v) is 2.57. The third-order valence-electron chi connectivity index (χ3n) is 1.70. The summed E-state index contributed by atoms with van der Waals surface area (Å²) in [6.07, 6.45) is 5.12. The Balaban J connectivity index is 2.61. The van der Waals surface area contributed by atoms with E-state index in [1.54, 1.807) is 24.7 Å². The first kappa shape index (κ1) is 9.48. The van der Waals surface area contributed by atoms with E-state index >= 15 is 0 Å². The average Bonchev–Trinajstić information content (AvgIpc) is 2.18. The monoisotopic (exact) mass is 267 g/mol. The lowest BCUT2D eigenvalue weighted by molar-refractivity contribution is 1.15. The first-order valence-corrected chi connectivity index (χ1v) is 5.13. The molecule has 70 valence electrons. The number of pyridine rings is 1. The molecule has 0 aliphatic carbocycles. The number of nitrogens with one attached hydrogen (secondary N) is 1. The van der Waals surface area contributed by atoms with Crippen LogP contribution in [0.5, 0.6) is 0 Å². The van der Waals surface area contributed by atoms with Crippen molar-refractivity contribution in [1.29, 1.82) is 0 Å². The molecule has 0 amide bonds. The lowest BCUT2D eigenvalue weighted by Gasteiger charge is -2.01. The van der Waals surface area contributed by atoms with Gasteiger partial charge in [-0.25, -0.2) is 4.98 Å². The van der Waals surface area contributed by atoms with Gasteiger partial charge in [-0.05, 0) is 28.1 Å². The minimum Gasteiger partial charge on any atom is -0.331 e. The third kappa shape index (κ3) is 1.88. The highest BCUT2D eigenvalue weighted by atomic mass is 79.9. The highest BCUT2D eigenvalue weighted by Gasteiger charge is 2.03. The summed E-state index contributed by atoms with van der Waals surface area (Å²) in [4.78, 5) is 11.2. The molecule has 0 unspecified atom stereocenters. The van der Waals surface area contributed by atoms with Crippen LogP contribution in [0.15, 0.2) is 35.2 Å². The van der Waals surface area contributed by atoms with E-state index in [0.717, 1.165) is 15.9 Å². The molecule has 0 aliphatic rings. The van der Waals surface area contributed by atoms with Crippen molar-refractivity contribution in [3.8, 4) is 11.4 Å². The number of rotatable bonds is 1. The average molecular weight is 268 g/mol. The largest absolute Gasteiger partial charge is 0.331 e. The standard InChI is InChI=1S/C9H6BrN3S/c10-7-5-11-3-1-6(7)9-12-4-2-8(14)13-9/h1-5H,(H,12,13,14). The van der Waals surface area contributed by atoms with Gasteiger partial charge in [0, 0.05) is 28.6 Å². The minimum absolute atomic E-state index is 0.665. The fourth-order valence-corrected chi connectivity index (χ4v) is 1.67. The first-order valence-electron chi connectivity index (χ1n) is 3.92. The molecule has 2 aromatic rings. The fourth-order valence-electron chi connectivity index (χ4n) is 1.07. The Morgan fingerprint density at radius 1 is 1.29 bits per heavy atom. The van der Waals surface area contributed by atoms with Gasteiger partial charge in [0.15, 0.2) is 0 Å². The summed E-state index contributed by atoms with van der Waals surface area (Å²) >= 11 is 8.42. The van der Waals surface area contributed by atoms with Crippen molar-refractivity contribution < 1.29 is 0 Å². The molecule has 5 heteroatoms. The maximum absolute atomic E-state index is 5.02. The van der Waals surface area contributed by atoms with Crippen molar-refractivity contribution in [1.82, 2.24) is 15.0 Å². The van der Waals surface area contributed by atoms with Gasteiger partial charge in [0.05, 0.1) is 0 Å². The van der Waals surface area contributed by atoms with Crippen LogP contribution >= 0.6 is 28.1 Å². The molecule has 0 saturated heterocycles. The van der Waals surface area contributed by atoms with Gasteiger partial charge in [0.25, 0.3) is 0 Å². The van der Waals surface area contributed by atoms with Gasteiger partial charge < -0.3 is 4.98 Å². The number of aromatic nitrogens is 3. The molecule has 0 saturated carbocycles. The molecule has 3 nitrogen and oxygen atoms in total. The van der Waals surface area contributed by atoms with Crippen LogP contribution in [0.1, 0.15) is 0 Å². The van der Waals surface area contributed by atoms with Crippen molar-refractivity contribution in [2.24, 2.45) is 0 Å². The number of H-pyrrole nitrogens is 1. The van der Waals surface area contributed by atoms with Gasteiger partial charge in [-0.2, -0.15) is 0 Å². The van der Waals surface area contributed by atoms with Crippen LogP contribution in [0, 0.1) is 4.64 Å². The number of nitrogens with zero attached hydrogens (tertiary/aromatic N) is 2. The Kier molecular flexibility index (Phi) is 2.69. The van der Waals surface area contributed by atoms with Crippen LogP contribution < -0.4 is 0 Å². The van der Waals surface area contributed by atoms with E-state index in [9.17, 15) is 0 Å². The smallest absolute Gasteiger partial charge is 0.139 e. The number of hydrogen-bond acceptors (Lipinski definition) is 3. The molecule has 0 bridgehead atoms. The maximum atomic E-state index is 5.02. The number of hydrogen-bond donors (Lipinski definition) is 1. The maximum Gasteiger partial charge on any atom is 0.139 e. The molecule has 2 rings (SSSR count). The van der Waals surface area contributed by atoms with Crippen LogP contribution in [0.2, 0.25) is 0 Å². The molecule has 1 N–H and O–H groups in total. The predicted octanol–water partition coefficient (Wildman–Crippen LogP) is 2.96. The molecule has 0 spiro atoms. The lowest BCUT2D eigenvalue weighted by Crippen LogP contribution is -1.89. The van der Waals surface area contributed by atoms with Crippen molar-refractivity contribution in [2.75, 3.05) is 0 Å². The summed E-state index contributed by atoms with van der Waals surface area (Å²) in [6.45, 7) is 0. The molecule has 14 heavy (non-hydrogen) atoms. The number of aromatic amines is 1. The Morgan fingerprint density at radius 3 is 2.86 bits per heavy atom. The van der Waals surface area contributed by atoms with E-state index in [-0.39, 0.29) is 0 Å². The molecule has 0 fully saturated rings. The summed E-state index contributed by atoms with van der Waals surface area (Å²) in [6, 6.07) is 3.62. The van der Waals surface area contributed by atoms with Gasteiger partial charge >= 0.3 is 0 Å². The Morgan fingerprint density at radius 2 is 2.14 bits per heavy atom. The van der Waals surface area contributed by atoms with E-state index in [2.05, 4.69) is 30.9 Å². The highest BCUT2D eigenvalue weighted by Crippen LogP contribution is 2.23. The Hall–Kier alpha value is -1.07. The Bertz CT molecular complexity index is 509. The molecule has 0 radical (unpaired) electrons. The quantitative estimate of drug-likeness (QED) is 0.808.